The summed E-state index contributed by atoms with van der Waals surface area (Å²) in [6.45, 7) is 14.0. The van der Waals surface area contributed by atoms with Crippen LogP contribution in [0.15, 0.2) is 41.0 Å². The maximum absolute atomic E-state index is 16.5. The molecule has 7 fully saturated rings. The number of carbonyl (C=O) groups excluding carboxylic acids is 1. The Balaban J connectivity index is 0.861. The monoisotopic (exact) mass is 882 g/mol. The Bertz CT molecular complexity index is 2140. The van der Waals surface area contributed by atoms with Crippen LogP contribution in [0.4, 0.5) is 10.1 Å². The summed E-state index contributed by atoms with van der Waals surface area (Å²) in [5, 5.41) is 45.6. The first kappa shape index (κ1) is 46.1. The van der Waals surface area contributed by atoms with Gasteiger partial charge in [0.15, 0.2) is 0 Å². The number of aliphatic hydroxyl groups excluding tert-OH is 2. The highest BCUT2D eigenvalue weighted by molar-refractivity contribution is 5.84. The van der Waals surface area contributed by atoms with Gasteiger partial charge in [0.25, 0.3) is 0 Å². The number of nitrogens with zero attached hydrogens (tertiary/aromatic N) is 1. The normalized spacial score (nSPS) is 43.9. The highest BCUT2D eigenvalue weighted by atomic mass is 19.1. The maximum Gasteiger partial charge on any atom is 0.303 e. The molecule has 0 aliphatic heterocycles. The molecule has 9 rings (SSSR count). The average molecular weight is 882 g/mol. The molecule has 350 valence electrons. The van der Waals surface area contributed by atoms with Gasteiger partial charge in [-0.25, -0.2) is 4.39 Å². The van der Waals surface area contributed by atoms with E-state index in [-0.39, 0.29) is 88.2 Å². The first-order valence-electron chi connectivity index (χ1n) is 25.2. The number of likely N-dealkylation sites (N-methyl/N-ethyl adjacent to an activating group) is 1. The molecule has 0 radical (unpaired) electrons. The van der Waals surface area contributed by atoms with Gasteiger partial charge in [-0.05, 0) is 177 Å². The molecule has 2 unspecified atom stereocenters. The minimum absolute atomic E-state index is 0.0101. The zero-order valence-corrected chi connectivity index (χ0v) is 39.7. The van der Waals surface area contributed by atoms with Crippen LogP contribution in [0, 0.1) is 87.2 Å². The van der Waals surface area contributed by atoms with Crippen LogP contribution >= 0.6 is 0 Å². The van der Waals surface area contributed by atoms with Crippen molar-refractivity contribution >= 4 is 17.4 Å². The standard InChI is InChI=1S/C55H76FNO7/c1-8-20-55(63)32(3)24-43-39-13-10-33-25-36(58)12-14-38(33)50(39)40(30-53(43,55)5)34-11-17-46(45(56)26-34)57(7)22-23-64-37-19-21-52(4)35(27-37)28-47(59)51-42-16-15-41(31(2)9-18-49(61)62)54(42,6)48(60)29-44(51)52/h10-11,17,26,31-32,35,37,39-44,47-48,51,59-60,63H,9,12-16,18-19,21-25,27-30H2,1-7H3,(H,61,62)/t31-,32-,35+,37+,39?,40-,41-,42+,43?,44+,47-,48+,51+,52+,53+,54-,55+/m1/s1. The van der Waals surface area contributed by atoms with Crippen molar-refractivity contribution in [2.75, 3.05) is 25.1 Å². The van der Waals surface area contributed by atoms with Crippen LogP contribution in [-0.4, -0.2) is 76.3 Å². The van der Waals surface area contributed by atoms with Gasteiger partial charge < -0.3 is 30.1 Å². The summed E-state index contributed by atoms with van der Waals surface area (Å²) in [5.74, 6) is 7.38. The number of aliphatic carboxylic acids is 1. The van der Waals surface area contributed by atoms with Crippen LogP contribution in [0.5, 0.6) is 0 Å². The van der Waals surface area contributed by atoms with E-state index in [1.807, 2.05) is 18.0 Å². The molecule has 17 atom stereocenters. The first-order chi connectivity index (χ1) is 30.3. The summed E-state index contributed by atoms with van der Waals surface area (Å²) < 4.78 is 23.1. The van der Waals surface area contributed by atoms with Gasteiger partial charge in [-0.2, -0.15) is 0 Å². The van der Waals surface area contributed by atoms with Crippen LogP contribution in [0.1, 0.15) is 149 Å². The Morgan fingerprint density at radius 1 is 1.05 bits per heavy atom. The topological polar surface area (TPSA) is 128 Å². The Kier molecular flexibility index (Phi) is 12.2. The van der Waals surface area contributed by atoms with Crippen molar-refractivity contribution in [1.29, 1.82) is 0 Å². The number of benzene rings is 1. The van der Waals surface area contributed by atoms with Gasteiger partial charge in [0.2, 0.25) is 0 Å². The van der Waals surface area contributed by atoms with E-state index in [0.29, 0.717) is 56.9 Å². The molecule has 9 heteroatoms. The van der Waals surface area contributed by atoms with Gasteiger partial charge in [0.05, 0.1) is 30.6 Å². The van der Waals surface area contributed by atoms with Gasteiger partial charge in [0, 0.05) is 44.2 Å². The molecule has 8 nitrogen and oxygen atoms in total. The van der Waals surface area contributed by atoms with E-state index < -0.39 is 29.2 Å². The molecular formula is C55H76FNO7. The highest BCUT2D eigenvalue weighted by Gasteiger charge is 2.67. The fourth-order valence-corrected chi connectivity index (χ4v) is 17.0. The zero-order chi connectivity index (χ0) is 45.7. The summed E-state index contributed by atoms with van der Waals surface area (Å²) in [5.41, 5.74) is 3.40. The van der Waals surface area contributed by atoms with Crippen LogP contribution in [0.3, 0.4) is 0 Å². The van der Waals surface area contributed by atoms with Crippen molar-refractivity contribution in [2.45, 2.75) is 168 Å². The summed E-state index contributed by atoms with van der Waals surface area (Å²) in [4.78, 5) is 25.9. The summed E-state index contributed by atoms with van der Waals surface area (Å²) in [6, 6.07) is 5.72. The molecule has 0 bridgehead atoms. The number of hydrogen-bond donors (Lipinski definition) is 4. The lowest BCUT2D eigenvalue weighted by atomic mass is 9.43. The summed E-state index contributed by atoms with van der Waals surface area (Å²) >= 11 is 0. The van der Waals surface area contributed by atoms with E-state index in [0.717, 1.165) is 68.9 Å². The molecule has 0 amide bonds. The predicted octanol–water partition coefficient (Wildman–Crippen LogP) is 9.65. The third kappa shape index (κ3) is 7.19. The van der Waals surface area contributed by atoms with E-state index in [2.05, 4.69) is 58.6 Å². The number of anilines is 1. The number of carboxylic acids is 1. The number of carbonyl (C=O) groups is 2. The van der Waals surface area contributed by atoms with Gasteiger partial charge in [-0.1, -0.05) is 58.3 Å². The van der Waals surface area contributed by atoms with Crippen LogP contribution in [-0.2, 0) is 14.3 Å². The van der Waals surface area contributed by atoms with Crippen molar-refractivity contribution in [1.82, 2.24) is 0 Å². The number of halogens is 1. The minimum Gasteiger partial charge on any atom is -0.481 e. The second-order valence-corrected chi connectivity index (χ2v) is 23.2. The maximum atomic E-state index is 16.5. The number of carboxylic acid groups (broad SMARTS) is 1. The van der Waals surface area contributed by atoms with Crippen molar-refractivity contribution < 1.29 is 39.1 Å². The fraction of sp³-hybridized carbons (Fsp3) is 0.745. The number of rotatable bonds is 10. The molecule has 8 aliphatic rings. The average Bonchev–Trinajstić information content (AvgIpc) is 3.70. The van der Waals surface area contributed by atoms with Gasteiger partial charge in [-0.3, -0.25) is 9.59 Å². The number of fused-ring (bicyclic) bond motifs is 9. The summed E-state index contributed by atoms with van der Waals surface area (Å²) in [6.07, 6.45) is 12.6. The van der Waals surface area contributed by atoms with Crippen LogP contribution < -0.4 is 4.90 Å². The van der Waals surface area contributed by atoms with E-state index >= 15 is 4.39 Å². The van der Waals surface area contributed by atoms with Crippen LogP contribution in [0.25, 0.3) is 0 Å². The quantitative estimate of drug-likeness (QED) is 0.171. The van der Waals surface area contributed by atoms with Gasteiger partial charge in [-0.15, -0.1) is 5.92 Å². The molecule has 1 aromatic carbocycles. The Labute approximate surface area is 381 Å². The fourth-order valence-electron chi connectivity index (χ4n) is 17.0. The lowest BCUT2D eigenvalue weighted by Crippen LogP contribution is -2.62. The van der Waals surface area contributed by atoms with E-state index in [9.17, 15) is 30.0 Å². The number of ether oxygens (including phenoxy) is 1. The Morgan fingerprint density at radius 2 is 1.83 bits per heavy atom. The lowest BCUT2D eigenvalue weighted by Gasteiger charge is -2.63. The predicted molar refractivity (Wildman–Crippen MR) is 247 cm³/mol. The van der Waals surface area contributed by atoms with Gasteiger partial charge >= 0.3 is 5.97 Å². The molecule has 0 heterocycles. The van der Waals surface area contributed by atoms with E-state index in [4.69, 9.17) is 4.74 Å². The molecule has 1 aromatic rings. The Morgan fingerprint density at radius 3 is 2.56 bits per heavy atom. The van der Waals surface area contributed by atoms with E-state index in [1.165, 1.54) is 11.1 Å². The van der Waals surface area contributed by atoms with Crippen LogP contribution in [0.2, 0.25) is 0 Å². The number of ketones is 1. The molecule has 0 spiro atoms. The molecular weight excluding hydrogens is 806 g/mol. The zero-order valence-electron chi connectivity index (χ0n) is 39.7. The third-order valence-corrected chi connectivity index (χ3v) is 20.5. The van der Waals surface area contributed by atoms with Gasteiger partial charge in [0.1, 0.15) is 17.2 Å². The van der Waals surface area contributed by atoms with E-state index in [1.54, 1.807) is 13.0 Å². The lowest BCUT2D eigenvalue weighted by molar-refractivity contribution is -0.209. The molecule has 0 aromatic heterocycles. The van der Waals surface area contributed by atoms with Crippen molar-refractivity contribution in [3.05, 3.63) is 52.4 Å². The minimum atomic E-state index is -1.13. The first-order valence-corrected chi connectivity index (χ1v) is 25.2. The molecule has 8 aliphatic carbocycles. The molecule has 4 N–H and O–H groups in total. The second kappa shape index (κ2) is 16.9. The number of aliphatic hydroxyl groups is 3. The SMILES string of the molecule is CC#C[C@]1(O)[C@H](C)CC2C3CC=C4CC(=O)CCC4=C3[C@@H](c3ccc(N(C)CCO[C@H]4CC[C@@]5(C)[C@@H](C4)C[C@@H](O)[C@@H]4[C@@H]5C[C@H](O)[C@]5(C)[C@@H]([C@H](C)CCC(=O)O)CC[C@@H]45)c(F)c3)C[C@@]21C. The molecule has 64 heavy (non-hydrogen) atoms. The number of hydrogen-bond acceptors (Lipinski definition) is 7. The number of allylic oxidation sites excluding steroid dienone is 4. The van der Waals surface area contributed by atoms with Crippen molar-refractivity contribution in [2.24, 2.45) is 69.5 Å². The largest absolute Gasteiger partial charge is 0.481 e. The second-order valence-electron chi connectivity index (χ2n) is 23.2. The molecule has 7 saturated carbocycles. The Hall–Kier alpha value is -3.03. The van der Waals surface area contributed by atoms with Crippen molar-refractivity contribution in [3.63, 3.8) is 0 Å². The highest BCUT2D eigenvalue weighted by Crippen LogP contribution is 2.70. The number of Topliss-reactive ketones (excluding diaryl/α,β-unsaturated/α-hetero) is 1. The third-order valence-electron chi connectivity index (χ3n) is 20.5. The summed E-state index contributed by atoms with van der Waals surface area (Å²) in [7, 11) is 1.92. The van der Waals surface area contributed by atoms with Crippen molar-refractivity contribution in [3.8, 4) is 11.8 Å². The smallest absolute Gasteiger partial charge is 0.303 e. The molecule has 0 saturated heterocycles.